The number of nitrogens with zero attached hydrogens (tertiary/aromatic N) is 1. The number of nitrogens with one attached hydrogen (secondary N) is 4. The van der Waals surface area contributed by atoms with Gasteiger partial charge in [0.25, 0.3) is 10.0 Å². The highest BCUT2D eigenvalue weighted by Gasteiger charge is 2.36. The summed E-state index contributed by atoms with van der Waals surface area (Å²) >= 11 is 1.29. The van der Waals surface area contributed by atoms with Gasteiger partial charge in [0.05, 0.1) is 21.2 Å². The minimum Gasteiger partial charge on any atom is -0.487 e. The number of Topliss-reactive ketones (excluding diaryl/α,β-unsaturated/α-hetero) is 1. The molecule has 1 unspecified atom stereocenters. The van der Waals surface area contributed by atoms with Crippen LogP contribution in [0.2, 0.25) is 0 Å². The zero-order chi connectivity index (χ0) is 30.8. The molecule has 1 aliphatic rings. The van der Waals surface area contributed by atoms with Gasteiger partial charge in [0.1, 0.15) is 11.4 Å². The Hall–Kier alpha value is -3.51. The minimum atomic E-state index is -4.05. The number of hydrogen-bond donors (Lipinski definition) is 4. The topological polar surface area (TPSA) is 150 Å². The number of rotatable bonds is 11. The van der Waals surface area contributed by atoms with Crippen molar-refractivity contribution in [1.82, 2.24) is 20.3 Å². The zero-order valence-corrected chi connectivity index (χ0v) is 26.6. The van der Waals surface area contributed by atoms with Crippen molar-refractivity contribution in [1.29, 1.82) is 5.41 Å². The first-order valence-corrected chi connectivity index (χ1v) is 16.4. The number of carbonyl (C=O) groups excluding carboxylic acids is 2. The minimum absolute atomic E-state index is 0.159. The van der Waals surface area contributed by atoms with Crippen LogP contribution in [0.4, 0.5) is 0 Å². The molecule has 0 radical (unpaired) electrons. The second-order valence-corrected chi connectivity index (χ2v) is 14.0. The lowest BCUT2D eigenvalue weighted by atomic mass is 9.94. The second-order valence-electron chi connectivity index (χ2n) is 11.3. The normalized spacial score (nSPS) is 14.6. The molecule has 4 N–H and O–H groups in total. The first kappa shape index (κ1) is 31.4. The SMILES string of the molecule is CCCC(=O)NC(CCCNC(=N)NS(=O)(=O)c1c(C)c(C)c2c(c1C)CC(C)(C)O2)C(=O)c1nc2ccccc2s1. The largest absolute Gasteiger partial charge is 0.487 e. The fourth-order valence-corrected chi connectivity index (χ4v) is 7.76. The van der Waals surface area contributed by atoms with Crippen LogP contribution in [0.3, 0.4) is 0 Å². The number of thiazole rings is 1. The van der Waals surface area contributed by atoms with Gasteiger partial charge in [0.15, 0.2) is 5.01 Å². The summed E-state index contributed by atoms with van der Waals surface area (Å²) in [6.07, 6.45) is 2.26. The summed E-state index contributed by atoms with van der Waals surface area (Å²) in [5.41, 5.74) is 3.16. The highest BCUT2D eigenvalue weighted by Crippen LogP contribution is 2.43. The molecule has 42 heavy (non-hydrogen) atoms. The Bertz CT molecular complexity index is 1610. The molecule has 0 aliphatic carbocycles. The van der Waals surface area contributed by atoms with E-state index in [-0.39, 0.29) is 29.1 Å². The lowest BCUT2D eigenvalue weighted by Crippen LogP contribution is -2.43. The Morgan fingerprint density at radius 1 is 1.14 bits per heavy atom. The van der Waals surface area contributed by atoms with E-state index in [1.165, 1.54) is 11.3 Å². The molecule has 4 rings (SSSR count). The Morgan fingerprint density at radius 2 is 1.86 bits per heavy atom. The van der Waals surface area contributed by atoms with E-state index in [9.17, 15) is 18.0 Å². The smallest absolute Gasteiger partial charge is 0.264 e. The summed E-state index contributed by atoms with van der Waals surface area (Å²) in [6.45, 7) is 11.4. The van der Waals surface area contributed by atoms with Gasteiger partial charge in [-0.1, -0.05) is 19.1 Å². The van der Waals surface area contributed by atoms with Crippen molar-refractivity contribution in [3.05, 3.63) is 51.5 Å². The summed E-state index contributed by atoms with van der Waals surface area (Å²) in [4.78, 5) is 30.3. The van der Waals surface area contributed by atoms with Gasteiger partial charge in [0.2, 0.25) is 17.6 Å². The predicted octanol–water partition coefficient (Wildman–Crippen LogP) is 4.69. The summed E-state index contributed by atoms with van der Waals surface area (Å²) in [5.74, 6) is -0.105. The molecule has 1 atom stereocenters. The summed E-state index contributed by atoms with van der Waals surface area (Å²) in [5, 5.41) is 14.2. The number of ether oxygens (including phenoxy) is 1. The Labute approximate surface area is 251 Å². The maximum atomic E-state index is 13.4. The molecule has 2 aromatic carbocycles. The van der Waals surface area contributed by atoms with Crippen LogP contribution in [-0.4, -0.2) is 49.2 Å². The number of para-hydroxylation sites is 1. The highest BCUT2D eigenvalue weighted by molar-refractivity contribution is 7.90. The fourth-order valence-electron chi connectivity index (χ4n) is 5.28. The quantitative estimate of drug-likeness (QED) is 0.106. The predicted molar refractivity (Wildman–Crippen MR) is 165 cm³/mol. The van der Waals surface area contributed by atoms with Crippen LogP contribution < -0.4 is 20.1 Å². The number of hydrogen-bond acceptors (Lipinski definition) is 8. The van der Waals surface area contributed by atoms with E-state index >= 15 is 0 Å². The van der Waals surface area contributed by atoms with Gasteiger partial charge in [-0.05, 0) is 82.7 Å². The average Bonchev–Trinajstić information content (AvgIpc) is 3.49. The second kappa shape index (κ2) is 12.4. The van der Waals surface area contributed by atoms with Crippen molar-refractivity contribution in [2.75, 3.05) is 6.54 Å². The molecular weight excluding hydrogens is 574 g/mol. The number of benzene rings is 2. The summed E-state index contributed by atoms with van der Waals surface area (Å²) < 4.78 is 36.2. The zero-order valence-electron chi connectivity index (χ0n) is 24.9. The van der Waals surface area contributed by atoms with Crippen LogP contribution in [0.1, 0.15) is 78.5 Å². The molecule has 0 spiro atoms. The number of carbonyl (C=O) groups is 2. The molecule has 10 nitrogen and oxygen atoms in total. The van der Waals surface area contributed by atoms with Crippen molar-refractivity contribution >= 4 is 49.2 Å². The molecule has 0 saturated heterocycles. The van der Waals surface area contributed by atoms with Gasteiger partial charge in [-0.25, -0.2) is 18.1 Å². The summed E-state index contributed by atoms with van der Waals surface area (Å²) in [6, 6.07) is 6.70. The summed E-state index contributed by atoms with van der Waals surface area (Å²) in [7, 11) is -4.05. The molecule has 226 valence electrons. The van der Waals surface area contributed by atoms with Crippen molar-refractivity contribution in [3.8, 4) is 5.75 Å². The average molecular weight is 614 g/mol. The van der Waals surface area contributed by atoms with Crippen LogP contribution in [-0.2, 0) is 21.2 Å². The van der Waals surface area contributed by atoms with Crippen LogP contribution in [0.5, 0.6) is 5.75 Å². The van der Waals surface area contributed by atoms with Gasteiger partial charge in [-0.15, -0.1) is 11.3 Å². The number of sulfonamides is 1. The fraction of sp³-hybridized carbons (Fsp3) is 0.467. The third kappa shape index (κ3) is 6.75. The van der Waals surface area contributed by atoms with Gasteiger partial charge in [-0.3, -0.25) is 15.0 Å². The van der Waals surface area contributed by atoms with Gasteiger partial charge in [-0.2, -0.15) is 0 Å². The van der Waals surface area contributed by atoms with Crippen molar-refractivity contribution in [2.24, 2.45) is 0 Å². The van der Waals surface area contributed by atoms with Gasteiger partial charge < -0.3 is 15.4 Å². The van der Waals surface area contributed by atoms with Gasteiger partial charge >= 0.3 is 0 Å². The first-order valence-electron chi connectivity index (χ1n) is 14.1. The highest BCUT2D eigenvalue weighted by atomic mass is 32.2. The van der Waals surface area contributed by atoms with E-state index < -0.39 is 21.7 Å². The van der Waals surface area contributed by atoms with E-state index in [0.29, 0.717) is 48.2 Å². The number of guanidine groups is 1. The van der Waals surface area contributed by atoms with Crippen molar-refractivity contribution in [3.63, 3.8) is 0 Å². The monoisotopic (exact) mass is 613 g/mol. The standard InChI is InChI=1S/C30H39N5O5S2/c1-7-11-24(36)33-22(25(37)28-34-21-12-8-9-14-23(21)41-28)13-10-15-32-29(31)35-42(38,39)27-18(3)17(2)26-20(19(27)4)16-30(5,6)40-26/h8-9,12,14,22H,7,10-11,13,15-16H2,1-6H3,(H,33,36)(H3,31,32,35). The molecular formula is C30H39N5O5S2. The third-order valence-electron chi connectivity index (χ3n) is 7.40. The Balaban J connectivity index is 1.40. The van der Waals surface area contributed by atoms with Crippen LogP contribution in [0.25, 0.3) is 10.2 Å². The Kier molecular flexibility index (Phi) is 9.27. The van der Waals surface area contributed by atoms with Crippen LogP contribution in [0, 0.1) is 26.2 Å². The maximum Gasteiger partial charge on any atom is 0.264 e. The molecule has 2 heterocycles. The van der Waals surface area contributed by atoms with Crippen molar-refractivity contribution in [2.45, 2.75) is 90.2 Å². The molecule has 0 saturated carbocycles. The Morgan fingerprint density at radius 3 is 2.55 bits per heavy atom. The number of fused-ring (bicyclic) bond motifs is 2. The molecule has 3 aromatic rings. The van der Waals surface area contributed by atoms with E-state index in [4.69, 9.17) is 10.1 Å². The van der Waals surface area contributed by atoms with Crippen LogP contribution >= 0.6 is 11.3 Å². The third-order valence-corrected chi connectivity index (χ3v) is 10.1. The lowest BCUT2D eigenvalue weighted by molar-refractivity contribution is -0.121. The molecule has 0 fully saturated rings. The molecule has 1 aromatic heterocycles. The molecule has 1 amide bonds. The number of amides is 1. The van der Waals surface area contributed by atoms with E-state index in [2.05, 4.69) is 20.3 Å². The molecule has 1 aliphatic heterocycles. The number of ketones is 1. The van der Waals surface area contributed by atoms with E-state index in [1.807, 2.05) is 52.0 Å². The van der Waals surface area contributed by atoms with E-state index in [1.54, 1.807) is 13.8 Å². The van der Waals surface area contributed by atoms with Crippen molar-refractivity contribution < 1.29 is 22.7 Å². The molecule has 12 heteroatoms. The lowest BCUT2D eigenvalue weighted by Gasteiger charge is -2.20. The molecule has 0 bridgehead atoms. The maximum absolute atomic E-state index is 13.4. The first-order chi connectivity index (χ1) is 19.7. The van der Waals surface area contributed by atoms with Gasteiger partial charge in [0, 0.05) is 24.9 Å². The number of aromatic nitrogens is 1. The van der Waals surface area contributed by atoms with E-state index in [0.717, 1.165) is 27.1 Å². The van der Waals surface area contributed by atoms with Crippen LogP contribution in [0.15, 0.2) is 29.2 Å².